The maximum atomic E-state index is 2.14. The van der Waals surface area contributed by atoms with E-state index in [0.717, 1.165) is 0 Å². The lowest BCUT2D eigenvalue weighted by atomic mass is 10.1. The summed E-state index contributed by atoms with van der Waals surface area (Å²) in [7, 11) is 0. The minimum atomic E-state index is 1.20. The molecule has 0 atom stereocenters. The minimum Gasteiger partial charge on any atom is -0.0622 e. The van der Waals surface area contributed by atoms with Crippen molar-refractivity contribution in [2.45, 2.75) is 0 Å². The third-order valence-electron chi connectivity index (χ3n) is 3.69. The third-order valence-corrected chi connectivity index (χ3v) is 3.69. The second-order valence-corrected chi connectivity index (χ2v) is 5.54. The second kappa shape index (κ2) is 8.50. The molecule has 0 fully saturated rings. The van der Waals surface area contributed by atoms with Gasteiger partial charge in [0.15, 0.2) is 0 Å². The van der Waals surface area contributed by atoms with Crippen molar-refractivity contribution in [3.05, 3.63) is 119 Å². The van der Waals surface area contributed by atoms with E-state index in [-0.39, 0.29) is 0 Å². The molecule has 24 heavy (non-hydrogen) atoms. The van der Waals surface area contributed by atoms with Crippen LogP contribution in [0.2, 0.25) is 0 Å². The molecule has 0 aliphatic rings. The fraction of sp³-hybridized carbons (Fsp3) is 0. The van der Waals surface area contributed by atoms with E-state index >= 15 is 0 Å². The van der Waals surface area contributed by atoms with Crippen molar-refractivity contribution in [1.82, 2.24) is 0 Å². The van der Waals surface area contributed by atoms with E-state index in [0.29, 0.717) is 0 Å². The molecule has 0 bridgehead atoms. The van der Waals surface area contributed by atoms with Gasteiger partial charge in [0.25, 0.3) is 0 Å². The van der Waals surface area contributed by atoms with Crippen LogP contribution in [0, 0.1) is 0 Å². The molecule has 0 radical (unpaired) electrons. The van der Waals surface area contributed by atoms with Crippen molar-refractivity contribution in [3.8, 4) is 0 Å². The Kier molecular flexibility index (Phi) is 5.58. The van der Waals surface area contributed by atoms with Gasteiger partial charge in [-0.2, -0.15) is 0 Å². The first-order valence-corrected chi connectivity index (χ1v) is 8.13. The lowest BCUT2D eigenvalue weighted by Crippen LogP contribution is -1.75. The van der Waals surface area contributed by atoms with Crippen molar-refractivity contribution in [1.29, 1.82) is 0 Å². The first-order valence-electron chi connectivity index (χ1n) is 8.13. The van der Waals surface area contributed by atoms with E-state index in [4.69, 9.17) is 0 Å². The molecule has 0 unspecified atom stereocenters. The van der Waals surface area contributed by atoms with Gasteiger partial charge in [0, 0.05) is 0 Å². The summed E-state index contributed by atoms with van der Waals surface area (Å²) in [6, 6.07) is 29.2. The molecule has 0 heterocycles. The van der Waals surface area contributed by atoms with Gasteiger partial charge in [0.2, 0.25) is 0 Å². The highest BCUT2D eigenvalue weighted by molar-refractivity contribution is 5.70. The van der Waals surface area contributed by atoms with Gasteiger partial charge >= 0.3 is 0 Å². The molecule has 3 rings (SSSR count). The lowest BCUT2D eigenvalue weighted by Gasteiger charge is -1.96. The van der Waals surface area contributed by atoms with E-state index in [2.05, 4.69) is 97.1 Å². The molecule has 3 aromatic carbocycles. The van der Waals surface area contributed by atoms with E-state index in [1.54, 1.807) is 0 Å². The van der Waals surface area contributed by atoms with Crippen molar-refractivity contribution in [2.24, 2.45) is 0 Å². The summed E-state index contributed by atoms with van der Waals surface area (Å²) in [5, 5.41) is 0. The van der Waals surface area contributed by atoms with Crippen LogP contribution >= 0.6 is 0 Å². The molecule has 0 nitrogen and oxygen atoms in total. The van der Waals surface area contributed by atoms with E-state index in [1.807, 2.05) is 24.3 Å². The van der Waals surface area contributed by atoms with Gasteiger partial charge in [-0.05, 0) is 22.3 Å². The number of hydrogen-bond donors (Lipinski definition) is 0. The summed E-state index contributed by atoms with van der Waals surface area (Å²) >= 11 is 0. The summed E-state index contributed by atoms with van der Waals surface area (Å²) in [6.45, 7) is 0. The Hall–Kier alpha value is -3.12. The van der Waals surface area contributed by atoms with Crippen LogP contribution in [-0.4, -0.2) is 0 Å². The molecule has 0 amide bonds. The highest BCUT2D eigenvalue weighted by atomic mass is 13.9. The quantitative estimate of drug-likeness (QED) is 0.369. The van der Waals surface area contributed by atoms with Crippen LogP contribution in [0.3, 0.4) is 0 Å². The Morgan fingerprint density at radius 3 is 1.12 bits per heavy atom. The zero-order valence-electron chi connectivity index (χ0n) is 13.5. The van der Waals surface area contributed by atoms with Crippen LogP contribution in [0.5, 0.6) is 0 Å². The summed E-state index contributed by atoms with van der Waals surface area (Å²) in [5.74, 6) is 0. The summed E-state index contributed by atoms with van der Waals surface area (Å²) in [5.41, 5.74) is 4.83. The van der Waals surface area contributed by atoms with Crippen molar-refractivity contribution in [3.63, 3.8) is 0 Å². The number of benzene rings is 3. The standard InChI is InChI=1S/C24H20/c1-3-9-21(10-4-1)13-7-8-14-23-16-19-24(20-17-23)18-15-22-11-5-2-6-12-22/h1-20H/b13-7+,14-8-,18-15+. The van der Waals surface area contributed by atoms with Crippen LogP contribution in [0.15, 0.2) is 97.1 Å². The van der Waals surface area contributed by atoms with Gasteiger partial charge in [-0.25, -0.2) is 0 Å². The van der Waals surface area contributed by atoms with Gasteiger partial charge in [-0.3, -0.25) is 0 Å². The van der Waals surface area contributed by atoms with Crippen LogP contribution in [0.1, 0.15) is 22.3 Å². The fourth-order valence-electron chi connectivity index (χ4n) is 2.37. The van der Waals surface area contributed by atoms with Crippen molar-refractivity contribution < 1.29 is 0 Å². The predicted octanol–water partition coefficient (Wildman–Crippen LogP) is 6.58. The van der Waals surface area contributed by atoms with Gasteiger partial charge in [0.1, 0.15) is 0 Å². The average molecular weight is 308 g/mol. The molecule has 3 aromatic rings. The molecule has 0 saturated carbocycles. The zero-order valence-corrected chi connectivity index (χ0v) is 13.5. The highest BCUT2D eigenvalue weighted by Gasteiger charge is 1.89. The Bertz CT molecular complexity index is 820. The Labute approximate surface area is 144 Å². The molecule has 0 spiro atoms. The second-order valence-electron chi connectivity index (χ2n) is 5.54. The third kappa shape index (κ3) is 4.96. The van der Waals surface area contributed by atoms with Crippen LogP contribution in [-0.2, 0) is 0 Å². The SMILES string of the molecule is C(=C/c1ccc(/C=C/c2ccccc2)cc1)/C=C/c1ccccc1. The number of rotatable bonds is 5. The molecule has 116 valence electrons. The Morgan fingerprint density at radius 2 is 0.667 bits per heavy atom. The van der Waals surface area contributed by atoms with Crippen LogP contribution < -0.4 is 0 Å². The van der Waals surface area contributed by atoms with Gasteiger partial charge < -0.3 is 0 Å². The van der Waals surface area contributed by atoms with E-state index in [9.17, 15) is 0 Å². The summed E-state index contributed by atoms with van der Waals surface area (Å²) in [6.07, 6.45) is 12.6. The Balaban J connectivity index is 1.59. The van der Waals surface area contributed by atoms with Gasteiger partial charge in [-0.15, -0.1) is 0 Å². The van der Waals surface area contributed by atoms with Crippen LogP contribution in [0.4, 0.5) is 0 Å². The maximum Gasteiger partial charge on any atom is -0.0256 e. The smallest absolute Gasteiger partial charge is 0.0256 e. The number of hydrogen-bond acceptors (Lipinski definition) is 0. The molecule has 0 aliphatic heterocycles. The molecule has 0 saturated heterocycles. The first kappa shape index (κ1) is 15.8. The molecule has 0 N–H and O–H groups in total. The molecule has 0 heteroatoms. The summed E-state index contributed by atoms with van der Waals surface area (Å²) < 4.78 is 0. The molecular formula is C24H20. The minimum absolute atomic E-state index is 1.20. The number of allylic oxidation sites excluding steroid dienone is 2. The highest BCUT2D eigenvalue weighted by Crippen LogP contribution is 2.11. The average Bonchev–Trinajstić information content (AvgIpc) is 2.66. The fourth-order valence-corrected chi connectivity index (χ4v) is 2.37. The zero-order chi connectivity index (χ0) is 16.5. The normalized spacial score (nSPS) is 11.7. The predicted molar refractivity (Wildman–Crippen MR) is 106 cm³/mol. The van der Waals surface area contributed by atoms with Crippen LogP contribution in [0.25, 0.3) is 24.3 Å². The topological polar surface area (TPSA) is 0 Å². The first-order chi connectivity index (χ1) is 11.9. The van der Waals surface area contributed by atoms with Gasteiger partial charge in [0.05, 0.1) is 0 Å². The van der Waals surface area contributed by atoms with Gasteiger partial charge in [-0.1, -0.05) is 121 Å². The monoisotopic (exact) mass is 308 g/mol. The maximum absolute atomic E-state index is 2.14. The van der Waals surface area contributed by atoms with E-state index in [1.165, 1.54) is 22.3 Å². The molecule has 0 aliphatic carbocycles. The molecular weight excluding hydrogens is 288 g/mol. The van der Waals surface area contributed by atoms with Crippen molar-refractivity contribution in [2.75, 3.05) is 0 Å². The summed E-state index contributed by atoms with van der Waals surface area (Å²) in [4.78, 5) is 0. The molecule has 0 aromatic heterocycles. The van der Waals surface area contributed by atoms with E-state index < -0.39 is 0 Å². The van der Waals surface area contributed by atoms with Crippen molar-refractivity contribution >= 4 is 24.3 Å². The Morgan fingerprint density at radius 1 is 0.333 bits per heavy atom. The lowest BCUT2D eigenvalue weighted by molar-refractivity contribution is 1.62. The largest absolute Gasteiger partial charge is 0.0622 e.